The molecule has 2 N–H and O–H groups in total. The van der Waals surface area contributed by atoms with Gasteiger partial charge in [-0.05, 0) is 44.6 Å². The van der Waals surface area contributed by atoms with Crippen molar-refractivity contribution in [1.29, 1.82) is 0 Å². The molecule has 28 heavy (non-hydrogen) atoms. The molecule has 0 aliphatic heterocycles. The van der Waals surface area contributed by atoms with E-state index in [0.29, 0.717) is 24.8 Å². The van der Waals surface area contributed by atoms with Crippen molar-refractivity contribution in [2.45, 2.75) is 79.2 Å². The molecule has 0 saturated heterocycles. The number of nitrogens with zero attached hydrogens (tertiary/aromatic N) is 1. The van der Waals surface area contributed by atoms with Gasteiger partial charge in [-0.15, -0.1) is 0 Å². The molecular weight excluding hydrogens is 352 g/mol. The molecule has 0 saturated carbocycles. The number of carbonyl (C=O) groups excluding carboxylic acids is 1. The second-order valence-electron chi connectivity index (χ2n) is 9.52. The van der Waals surface area contributed by atoms with Crippen LogP contribution in [-0.2, 0) is 11.3 Å². The minimum Gasteiger partial charge on any atom is -0.444 e. The molecule has 0 aromatic heterocycles. The fourth-order valence-corrected chi connectivity index (χ4v) is 3.23. The predicted octanol–water partition coefficient (Wildman–Crippen LogP) is 4.44. The molecule has 0 heterocycles. The van der Waals surface area contributed by atoms with Gasteiger partial charge in [-0.2, -0.15) is 0 Å². The van der Waals surface area contributed by atoms with Crippen LogP contribution in [-0.4, -0.2) is 46.9 Å². The molecule has 5 heteroatoms. The van der Waals surface area contributed by atoms with Crippen molar-refractivity contribution in [3.05, 3.63) is 35.9 Å². The summed E-state index contributed by atoms with van der Waals surface area (Å²) in [6.45, 7) is 16.2. The number of carbonyl (C=O) groups is 1. The van der Waals surface area contributed by atoms with E-state index < -0.39 is 17.8 Å². The number of nitrogens with one attached hydrogen (secondary N) is 1. The maximum atomic E-state index is 12.3. The van der Waals surface area contributed by atoms with Crippen LogP contribution in [0.5, 0.6) is 0 Å². The van der Waals surface area contributed by atoms with Gasteiger partial charge in [0, 0.05) is 19.6 Å². The van der Waals surface area contributed by atoms with Crippen molar-refractivity contribution in [3.8, 4) is 0 Å². The van der Waals surface area contributed by atoms with Crippen molar-refractivity contribution < 1.29 is 14.6 Å². The van der Waals surface area contributed by atoms with Crippen molar-refractivity contribution in [1.82, 2.24) is 10.2 Å². The van der Waals surface area contributed by atoms with Gasteiger partial charge in [0.15, 0.2) is 0 Å². The van der Waals surface area contributed by atoms with E-state index in [0.717, 1.165) is 13.1 Å². The third-order valence-electron chi connectivity index (χ3n) is 4.21. The summed E-state index contributed by atoms with van der Waals surface area (Å²) in [5, 5.41) is 13.8. The first-order valence-electron chi connectivity index (χ1n) is 10.4. The van der Waals surface area contributed by atoms with Crippen LogP contribution in [0.4, 0.5) is 4.79 Å². The summed E-state index contributed by atoms with van der Waals surface area (Å²) in [6, 6.07) is 9.93. The highest BCUT2D eigenvalue weighted by molar-refractivity contribution is 5.68. The molecule has 2 atom stereocenters. The van der Waals surface area contributed by atoms with E-state index >= 15 is 0 Å². The highest BCUT2D eigenvalue weighted by atomic mass is 16.6. The maximum Gasteiger partial charge on any atom is 0.407 e. The summed E-state index contributed by atoms with van der Waals surface area (Å²) in [6.07, 6.45) is -0.450. The van der Waals surface area contributed by atoms with E-state index in [4.69, 9.17) is 4.74 Å². The van der Waals surface area contributed by atoms with E-state index in [9.17, 15) is 9.90 Å². The maximum absolute atomic E-state index is 12.3. The normalized spacial score (nSPS) is 14.4. The van der Waals surface area contributed by atoms with Crippen LogP contribution in [0.25, 0.3) is 0 Å². The SMILES string of the molecule is CC(C)CC(NC(=O)OC(C)(C)C)C(O)CN(Cc1ccccc1)CC(C)C. The van der Waals surface area contributed by atoms with Crippen molar-refractivity contribution in [3.63, 3.8) is 0 Å². The molecule has 160 valence electrons. The molecule has 0 spiro atoms. The first kappa shape index (κ1) is 24.4. The molecule has 5 nitrogen and oxygen atoms in total. The average molecular weight is 393 g/mol. The van der Waals surface area contributed by atoms with Crippen LogP contribution in [0.3, 0.4) is 0 Å². The van der Waals surface area contributed by atoms with Crippen LogP contribution in [0.1, 0.15) is 60.5 Å². The molecule has 0 radical (unpaired) electrons. The quantitative estimate of drug-likeness (QED) is 0.618. The Hall–Kier alpha value is -1.59. The largest absolute Gasteiger partial charge is 0.444 e. The molecule has 0 aliphatic rings. The summed E-state index contributed by atoms with van der Waals surface area (Å²) in [5.74, 6) is 0.834. The molecule has 0 aliphatic carbocycles. The third-order valence-corrected chi connectivity index (χ3v) is 4.21. The number of amides is 1. The van der Waals surface area contributed by atoms with Crippen LogP contribution in [0.15, 0.2) is 30.3 Å². The van der Waals surface area contributed by atoms with Crippen LogP contribution < -0.4 is 5.32 Å². The zero-order valence-electron chi connectivity index (χ0n) is 18.7. The Morgan fingerprint density at radius 2 is 1.68 bits per heavy atom. The Bertz CT molecular complexity index is 567. The lowest BCUT2D eigenvalue weighted by Gasteiger charge is -2.32. The van der Waals surface area contributed by atoms with Gasteiger partial charge >= 0.3 is 6.09 Å². The zero-order chi connectivity index (χ0) is 21.3. The minimum atomic E-state index is -0.669. The fraction of sp³-hybridized carbons (Fsp3) is 0.696. The number of alkyl carbamates (subject to hydrolysis) is 1. The van der Waals surface area contributed by atoms with Gasteiger partial charge in [-0.3, -0.25) is 4.90 Å². The van der Waals surface area contributed by atoms with Crippen LogP contribution in [0.2, 0.25) is 0 Å². The van der Waals surface area contributed by atoms with Crippen LogP contribution in [0, 0.1) is 11.8 Å². The molecule has 0 bridgehead atoms. The Kier molecular flexibility index (Phi) is 9.97. The Labute approximate surface area is 171 Å². The minimum absolute atomic E-state index is 0.347. The molecule has 2 unspecified atom stereocenters. The number of hydrogen-bond donors (Lipinski definition) is 2. The lowest BCUT2D eigenvalue weighted by atomic mass is 9.98. The van der Waals surface area contributed by atoms with E-state index in [-0.39, 0.29) is 6.04 Å². The highest BCUT2D eigenvalue weighted by Crippen LogP contribution is 2.15. The summed E-state index contributed by atoms with van der Waals surface area (Å²) in [5.41, 5.74) is 0.657. The van der Waals surface area contributed by atoms with E-state index in [1.54, 1.807) is 0 Å². The highest BCUT2D eigenvalue weighted by Gasteiger charge is 2.27. The standard InChI is InChI=1S/C23H40N2O3/c1-17(2)13-20(24-22(27)28-23(5,6)7)21(26)16-25(14-18(3)4)15-19-11-9-8-10-12-19/h8-12,17-18,20-21,26H,13-16H2,1-7H3,(H,24,27). The second kappa shape index (κ2) is 11.4. The summed E-state index contributed by atoms with van der Waals surface area (Å²) in [4.78, 5) is 14.5. The summed E-state index contributed by atoms with van der Waals surface area (Å²) < 4.78 is 5.39. The van der Waals surface area contributed by atoms with E-state index in [2.05, 4.69) is 50.0 Å². The van der Waals surface area contributed by atoms with Gasteiger partial charge < -0.3 is 15.2 Å². The van der Waals surface area contributed by atoms with Gasteiger partial charge in [0.25, 0.3) is 0 Å². The lowest BCUT2D eigenvalue weighted by Crippen LogP contribution is -2.50. The molecule has 1 aromatic carbocycles. The van der Waals surface area contributed by atoms with Crippen molar-refractivity contribution in [2.24, 2.45) is 11.8 Å². The molecule has 0 fully saturated rings. The lowest BCUT2D eigenvalue weighted by molar-refractivity contribution is 0.0319. The average Bonchev–Trinajstić information content (AvgIpc) is 2.52. The molecule has 1 rings (SSSR count). The number of aliphatic hydroxyl groups excluding tert-OH is 1. The van der Waals surface area contributed by atoms with Gasteiger partial charge in [0.2, 0.25) is 0 Å². The Morgan fingerprint density at radius 1 is 1.07 bits per heavy atom. The van der Waals surface area contributed by atoms with Gasteiger partial charge in [0.1, 0.15) is 5.60 Å². The summed E-state index contributed by atoms with van der Waals surface area (Å²) in [7, 11) is 0. The van der Waals surface area contributed by atoms with Gasteiger partial charge in [-0.25, -0.2) is 4.79 Å². The van der Waals surface area contributed by atoms with Crippen molar-refractivity contribution >= 4 is 6.09 Å². The van der Waals surface area contributed by atoms with E-state index in [1.165, 1.54) is 5.56 Å². The smallest absolute Gasteiger partial charge is 0.407 e. The number of benzene rings is 1. The number of hydrogen-bond acceptors (Lipinski definition) is 4. The summed E-state index contributed by atoms with van der Waals surface area (Å²) >= 11 is 0. The van der Waals surface area contributed by atoms with Crippen LogP contribution >= 0.6 is 0 Å². The predicted molar refractivity (Wildman–Crippen MR) is 115 cm³/mol. The first-order chi connectivity index (χ1) is 13.0. The molecule has 1 amide bonds. The number of aliphatic hydroxyl groups is 1. The van der Waals surface area contributed by atoms with Crippen molar-refractivity contribution in [2.75, 3.05) is 13.1 Å². The number of ether oxygens (including phenoxy) is 1. The molecular formula is C23H40N2O3. The third kappa shape index (κ3) is 10.7. The second-order valence-corrected chi connectivity index (χ2v) is 9.52. The van der Waals surface area contributed by atoms with Gasteiger partial charge in [0.05, 0.1) is 12.1 Å². The monoisotopic (exact) mass is 392 g/mol. The van der Waals surface area contributed by atoms with Gasteiger partial charge in [-0.1, -0.05) is 58.0 Å². The Morgan fingerprint density at radius 3 is 2.18 bits per heavy atom. The fourth-order valence-electron chi connectivity index (χ4n) is 3.23. The number of rotatable bonds is 10. The topological polar surface area (TPSA) is 61.8 Å². The van der Waals surface area contributed by atoms with E-state index in [1.807, 2.05) is 39.0 Å². The Balaban J connectivity index is 2.82. The first-order valence-corrected chi connectivity index (χ1v) is 10.4. The molecule has 1 aromatic rings. The zero-order valence-corrected chi connectivity index (χ0v) is 18.7.